The second-order valence-electron chi connectivity index (χ2n) is 7.00. The zero-order chi connectivity index (χ0) is 19.8. The van der Waals surface area contributed by atoms with Gasteiger partial charge in [0.2, 0.25) is 0 Å². The summed E-state index contributed by atoms with van der Waals surface area (Å²) < 4.78 is 4.11. The summed E-state index contributed by atoms with van der Waals surface area (Å²) in [4.78, 5) is 23.1. The molecule has 0 bridgehead atoms. The molecule has 1 fully saturated rings. The predicted molar refractivity (Wildman–Crippen MR) is 119 cm³/mol. The summed E-state index contributed by atoms with van der Waals surface area (Å²) in [6.07, 6.45) is 8.72. The zero-order valence-electron chi connectivity index (χ0n) is 16.0. The molecule has 1 aliphatic heterocycles. The van der Waals surface area contributed by atoms with E-state index < -0.39 is 0 Å². The molecular formula is C19H20ClN7S2. The number of aromatic nitrogens is 5. The first-order chi connectivity index (χ1) is 14.2. The lowest BCUT2D eigenvalue weighted by molar-refractivity contribution is 0.282. The van der Waals surface area contributed by atoms with Crippen LogP contribution in [0.2, 0.25) is 5.02 Å². The number of rotatable bonds is 4. The summed E-state index contributed by atoms with van der Waals surface area (Å²) in [6.45, 7) is 4.75. The van der Waals surface area contributed by atoms with E-state index in [4.69, 9.17) is 16.6 Å². The van der Waals surface area contributed by atoms with E-state index in [9.17, 15) is 0 Å². The fourth-order valence-corrected chi connectivity index (χ4v) is 5.40. The van der Waals surface area contributed by atoms with E-state index in [1.54, 1.807) is 29.4 Å². The molecule has 4 aromatic rings. The van der Waals surface area contributed by atoms with Crippen LogP contribution < -0.4 is 4.90 Å². The molecule has 150 valence electrons. The number of halogens is 1. The number of hydrogen-bond acceptors (Lipinski definition) is 8. The van der Waals surface area contributed by atoms with Crippen LogP contribution in [0.15, 0.2) is 35.2 Å². The van der Waals surface area contributed by atoms with Crippen LogP contribution in [0.5, 0.6) is 0 Å². The highest BCUT2D eigenvalue weighted by molar-refractivity contribution is 8.00. The maximum absolute atomic E-state index is 6.09. The second-order valence-corrected chi connectivity index (χ2v) is 9.48. The highest BCUT2D eigenvalue weighted by Gasteiger charge is 2.20. The van der Waals surface area contributed by atoms with Crippen molar-refractivity contribution in [1.82, 2.24) is 29.2 Å². The maximum Gasteiger partial charge on any atom is 0.176 e. The Bertz CT molecular complexity index is 1160. The SMILES string of the molecule is CSc1nc2ncnc(N3CCCN(Cc4cn5cc(Cl)ccc5n4)CC3)c2s1. The van der Waals surface area contributed by atoms with Crippen LogP contribution >= 0.6 is 34.7 Å². The van der Waals surface area contributed by atoms with Crippen molar-refractivity contribution in [3.05, 3.63) is 41.6 Å². The van der Waals surface area contributed by atoms with Crippen LogP contribution in [0, 0.1) is 0 Å². The minimum Gasteiger partial charge on any atom is -0.354 e. The lowest BCUT2D eigenvalue weighted by Crippen LogP contribution is -2.31. The maximum atomic E-state index is 6.09. The van der Waals surface area contributed by atoms with Gasteiger partial charge < -0.3 is 9.30 Å². The highest BCUT2D eigenvalue weighted by Crippen LogP contribution is 2.33. The Kier molecular flexibility index (Phi) is 5.29. The summed E-state index contributed by atoms with van der Waals surface area (Å²) in [5.41, 5.74) is 2.80. The molecule has 5 heterocycles. The van der Waals surface area contributed by atoms with Crippen molar-refractivity contribution in [3.8, 4) is 0 Å². The van der Waals surface area contributed by atoms with Crippen molar-refractivity contribution in [2.24, 2.45) is 0 Å². The number of hydrogen-bond donors (Lipinski definition) is 0. The average molecular weight is 446 g/mol. The summed E-state index contributed by atoms with van der Waals surface area (Å²) in [5, 5.41) is 0.718. The molecule has 1 saturated heterocycles. The molecule has 0 unspecified atom stereocenters. The zero-order valence-corrected chi connectivity index (χ0v) is 18.3. The Morgan fingerprint density at radius 2 is 2.03 bits per heavy atom. The third-order valence-electron chi connectivity index (χ3n) is 5.07. The number of imidazole rings is 1. The Morgan fingerprint density at radius 3 is 2.93 bits per heavy atom. The van der Waals surface area contributed by atoms with E-state index in [-0.39, 0.29) is 0 Å². The number of thioether (sulfide) groups is 1. The quantitative estimate of drug-likeness (QED) is 0.442. The molecule has 1 aliphatic rings. The van der Waals surface area contributed by atoms with Crippen LogP contribution in [0.1, 0.15) is 12.1 Å². The normalized spacial score (nSPS) is 16.0. The summed E-state index contributed by atoms with van der Waals surface area (Å²) in [6, 6.07) is 3.83. The molecule has 0 aliphatic carbocycles. The van der Waals surface area contributed by atoms with E-state index in [2.05, 4.69) is 30.9 Å². The van der Waals surface area contributed by atoms with E-state index >= 15 is 0 Å². The largest absolute Gasteiger partial charge is 0.354 e. The molecule has 7 nitrogen and oxygen atoms in total. The molecule has 0 atom stereocenters. The molecule has 0 radical (unpaired) electrons. The third kappa shape index (κ3) is 3.92. The fraction of sp³-hybridized carbons (Fsp3) is 0.368. The van der Waals surface area contributed by atoms with Gasteiger partial charge in [-0.2, -0.15) is 0 Å². The number of fused-ring (bicyclic) bond motifs is 2. The van der Waals surface area contributed by atoms with Gasteiger partial charge in [0.1, 0.15) is 16.7 Å². The van der Waals surface area contributed by atoms with Crippen molar-refractivity contribution in [2.45, 2.75) is 17.3 Å². The monoisotopic (exact) mass is 445 g/mol. The van der Waals surface area contributed by atoms with Crippen LogP contribution in [0.25, 0.3) is 16.0 Å². The van der Waals surface area contributed by atoms with Gasteiger partial charge in [-0.25, -0.2) is 19.9 Å². The Hall–Kier alpha value is -1.94. The minimum absolute atomic E-state index is 0.718. The summed E-state index contributed by atoms with van der Waals surface area (Å²) in [5.74, 6) is 1.01. The molecule has 0 amide bonds. The van der Waals surface area contributed by atoms with Gasteiger partial charge in [0.05, 0.1) is 10.7 Å². The van der Waals surface area contributed by atoms with Crippen molar-refractivity contribution in [1.29, 1.82) is 0 Å². The number of pyridine rings is 1. The Labute approximate surface area is 181 Å². The van der Waals surface area contributed by atoms with Crippen LogP contribution in [-0.2, 0) is 6.54 Å². The van der Waals surface area contributed by atoms with E-state index in [1.165, 1.54) is 0 Å². The van der Waals surface area contributed by atoms with Crippen molar-refractivity contribution < 1.29 is 0 Å². The molecule has 29 heavy (non-hydrogen) atoms. The topological polar surface area (TPSA) is 62.5 Å². The van der Waals surface area contributed by atoms with E-state index in [0.29, 0.717) is 0 Å². The lowest BCUT2D eigenvalue weighted by Gasteiger charge is -2.22. The number of anilines is 1. The van der Waals surface area contributed by atoms with Crippen LogP contribution in [0.4, 0.5) is 5.82 Å². The molecule has 10 heteroatoms. The second kappa shape index (κ2) is 8.06. The van der Waals surface area contributed by atoms with Gasteiger partial charge in [0.25, 0.3) is 0 Å². The first kappa shape index (κ1) is 19.0. The van der Waals surface area contributed by atoms with Gasteiger partial charge >= 0.3 is 0 Å². The first-order valence-corrected chi connectivity index (χ1v) is 11.9. The van der Waals surface area contributed by atoms with Crippen molar-refractivity contribution >= 4 is 56.5 Å². The smallest absolute Gasteiger partial charge is 0.176 e. The Morgan fingerprint density at radius 1 is 1.10 bits per heavy atom. The molecule has 0 aromatic carbocycles. The van der Waals surface area contributed by atoms with Gasteiger partial charge in [-0.1, -0.05) is 23.4 Å². The third-order valence-corrected chi connectivity index (χ3v) is 7.32. The van der Waals surface area contributed by atoms with Gasteiger partial charge in [-0.3, -0.25) is 4.90 Å². The number of nitrogens with zero attached hydrogens (tertiary/aromatic N) is 7. The lowest BCUT2D eigenvalue weighted by atomic mass is 10.3. The van der Waals surface area contributed by atoms with E-state index in [1.807, 2.05) is 29.0 Å². The van der Waals surface area contributed by atoms with Crippen LogP contribution in [0.3, 0.4) is 0 Å². The predicted octanol–water partition coefficient (Wildman–Crippen LogP) is 3.82. The standard InChI is InChI=1S/C19H20ClN7S2/c1-28-19-24-17-16(29-19)18(22-12-21-17)26-6-2-5-25(7-8-26)10-14-11-27-9-13(20)3-4-15(27)23-14/h3-4,9,11-12H,2,5-8,10H2,1H3. The van der Waals surface area contributed by atoms with Gasteiger partial charge in [0, 0.05) is 45.1 Å². The average Bonchev–Trinajstić information content (AvgIpc) is 3.25. The molecule has 0 N–H and O–H groups in total. The van der Waals surface area contributed by atoms with E-state index in [0.717, 1.165) is 76.0 Å². The molecule has 0 spiro atoms. The highest BCUT2D eigenvalue weighted by atomic mass is 35.5. The molecule has 5 rings (SSSR count). The van der Waals surface area contributed by atoms with Gasteiger partial charge in [-0.15, -0.1) is 11.3 Å². The van der Waals surface area contributed by atoms with Crippen LogP contribution in [-0.4, -0.2) is 61.7 Å². The summed E-state index contributed by atoms with van der Waals surface area (Å²) >= 11 is 9.42. The fourth-order valence-electron chi connectivity index (χ4n) is 3.70. The Balaban J connectivity index is 1.32. The van der Waals surface area contributed by atoms with Crippen molar-refractivity contribution in [3.63, 3.8) is 0 Å². The van der Waals surface area contributed by atoms with Gasteiger partial charge in [0.15, 0.2) is 15.8 Å². The molecule has 0 saturated carbocycles. The summed E-state index contributed by atoms with van der Waals surface area (Å²) in [7, 11) is 0. The van der Waals surface area contributed by atoms with Crippen molar-refractivity contribution in [2.75, 3.05) is 37.3 Å². The molecular weight excluding hydrogens is 426 g/mol. The first-order valence-electron chi connectivity index (χ1n) is 9.45. The minimum atomic E-state index is 0.718. The van der Waals surface area contributed by atoms with Gasteiger partial charge in [-0.05, 0) is 24.8 Å². The number of thiazole rings is 1. The molecule has 4 aromatic heterocycles.